The Morgan fingerprint density at radius 1 is 0.448 bits per heavy atom. The van der Waals surface area contributed by atoms with E-state index in [2.05, 4.69) is 147 Å². The van der Waals surface area contributed by atoms with Crippen molar-refractivity contribution in [2.75, 3.05) is 13.2 Å². The van der Waals surface area contributed by atoms with Crippen LogP contribution in [0.5, 0.6) is 11.5 Å². The molecule has 6 aromatic carbocycles. The van der Waals surface area contributed by atoms with Crippen molar-refractivity contribution in [3.8, 4) is 35.7 Å². The minimum Gasteiger partial charge on any atom is -0.494 e. The van der Waals surface area contributed by atoms with Gasteiger partial charge in [-0.05, 0) is 97.8 Å². The molecule has 6 aliphatic rings. The van der Waals surface area contributed by atoms with E-state index in [4.69, 9.17) is 15.9 Å². The van der Waals surface area contributed by atoms with Gasteiger partial charge in [0, 0.05) is 34.8 Å². The molecule has 0 fully saturated rings. The molecular weight excluding hydrogens is 705 g/mol. The standard InChI is InChI=1S/C56H50O2/c1-4-7-9-19-33-57-37-30-32-48(58-34-20-10-8-5-2)36(35-37)29-31-47-55-51-43-25-15-11-21-39(43)49(40-22-12-16-26-44(40)51)53(55)38(6-3)54-50-41-23-13-17-27-45(41)52(56(47)54)46-28-18-14-24-42(46)50/h3,11-18,21-28,30,32,35,49-52H,4-5,7-10,19-20,33-34H2,1-2H3. The maximum atomic E-state index is 6.82. The van der Waals surface area contributed by atoms with E-state index in [9.17, 15) is 0 Å². The number of hydrogen-bond donors (Lipinski definition) is 0. The van der Waals surface area contributed by atoms with Crippen LogP contribution in [0.2, 0.25) is 0 Å². The molecule has 0 radical (unpaired) electrons. The second kappa shape index (κ2) is 15.4. The summed E-state index contributed by atoms with van der Waals surface area (Å²) in [4.78, 5) is 0. The van der Waals surface area contributed by atoms with Crippen LogP contribution < -0.4 is 9.47 Å². The molecule has 0 spiro atoms. The van der Waals surface area contributed by atoms with Crippen molar-refractivity contribution in [3.63, 3.8) is 0 Å². The van der Waals surface area contributed by atoms with E-state index in [1.54, 1.807) is 0 Å². The molecule has 0 N–H and O–H groups in total. The number of hydrogen-bond acceptors (Lipinski definition) is 2. The van der Waals surface area contributed by atoms with Gasteiger partial charge in [-0.15, -0.1) is 6.42 Å². The van der Waals surface area contributed by atoms with Crippen molar-refractivity contribution in [1.29, 1.82) is 0 Å². The summed E-state index contributed by atoms with van der Waals surface area (Å²) in [6.45, 7) is 5.85. The average Bonchev–Trinajstić information content (AvgIpc) is 3.27. The van der Waals surface area contributed by atoms with Gasteiger partial charge in [-0.25, -0.2) is 0 Å². The second-order valence-corrected chi connectivity index (χ2v) is 16.5. The minimum atomic E-state index is 0.0205. The first kappa shape index (κ1) is 36.4. The number of rotatable bonds is 12. The fraction of sp³-hybridized carbons (Fsp3) is 0.286. The molecule has 0 aliphatic heterocycles. The molecule has 2 nitrogen and oxygen atoms in total. The highest BCUT2D eigenvalue weighted by Gasteiger charge is 2.50. The Labute approximate surface area is 344 Å². The fourth-order valence-electron chi connectivity index (χ4n) is 10.8. The van der Waals surface area contributed by atoms with Gasteiger partial charge in [0.05, 0.1) is 18.8 Å². The third-order valence-corrected chi connectivity index (χ3v) is 13.2. The molecule has 286 valence electrons. The molecule has 0 unspecified atom stereocenters. The second-order valence-electron chi connectivity index (χ2n) is 16.5. The van der Waals surface area contributed by atoms with Gasteiger partial charge in [-0.3, -0.25) is 0 Å². The monoisotopic (exact) mass is 754 g/mol. The predicted octanol–water partition coefficient (Wildman–Crippen LogP) is 13.0. The number of terminal acetylenes is 1. The molecule has 0 aromatic heterocycles. The van der Waals surface area contributed by atoms with Crippen molar-refractivity contribution >= 4 is 0 Å². The van der Waals surface area contributed by atoms with Crippen LogP contribution >= 0.6 is 0 Å². The van der Waals surface area contributed by atoms with Crippen LogP contribution in [0, 0.1) is 24.2 Å². The van der Waals surface area contributed by atoms with Gasteiger partial charge in [0.1, 0.15) is 11.5 Å². The van der Waals surface area contributed by atoms with Gasteiger partial charge >= 0.3 is 0 Å². The smallest absolute Gasteiger partial charge is 0.135 e. The number of ether oxygens (including phenoxy) is 2. The summed E-state index contributed by atoms with van der Waals surface area (Å²) in [5.74, 6) is 12.9. The zero-order valence-corrected chi connectivity index (χ0v) is 33.7. The molecule has 0 amide bonds. The van der Waals surface area contributed by atoms with Crippen molar-refractivity contribution in [1.82, 2.24) is 0 Å². The largest absolute Gasteiger partial charge is 0.494 e. The molecular formula is C56H50O2. The first-order valence-electron chi connectivity index (χ1n) is 21.7. The molecule has 2 heteroatoms. The van der Waals surface area contributed by atoms with Crippen LogP contribution in [0.25, 0.3) is 0 Å². The van der Waals surface area contributed by atoms with E-state index >= 15 is 0 Å². The zero-order valence-electron chi connectivity index (χ0n) is 33.7. The van der Waals surface area contributed by atoms with E-state index < -0.39 is 0 Å². The molecule has 0 saturated heterocycles. The van der Waals surface area contributed by atoms with Crippen molar-refractivity contribution in [2.24, 2.45) is 0 Å². The van der Waals surface area contributed by atoms with Crippen LogP contribution in [0.4, 0.5) is 0 Å². The Bertz CT molecular complexity index is 2440. The van der Waals surface area contributed by atoms with Gasteiger partial charge in [0.15, 0.2) is 0 Å². The zero-order chi connectivity index (χ0) is 39.2. The summed E-state index contributed by atoms with van der Waals surface area (Å²) >= 11 is 0. The lowest BCUT2D eigenvalue weighted by atomic mass is 9.53. The maximum absolute atomic E-state index is 6.82. The van der Waals surface area contributed by atoms with Gasteiger partial charge < -0.3 is 9.47 Å². The summed E-state index contributed by atoms with van der Waals surface area (Å²) < 4.78 is 12.9. The Kier molecular flexibility index (Phi) is 9.67. The van der Waals surface area contributed by atoms with Crippen molar-refractivity contribution < 1.29 is 9.47 Å². The van der Waals surface area contributed by atoms with E-state index in [1.807, 2.05) is 0 Å². The Hall–Kier alpha value is -5.96. The third-order valence-electron chi connectivity index (χ3n) is 13.2. The number of unbranched alkanes of at least 4 members (excludes halogenated alkanes) is 6. The van der Waals surface area contributed by atoms with Crippen LogP contribution in [-0.4, -0.2) is 13.2 Å². The Morgan fingerprint density at radius 2 is 0.845 bits per heavy atom. The molecule has 12 rings (SSSR count). The molecule has 0 heterocycles. The lowest BCUT2D eigenvalue weighted by molar-refractivity contribution is 0.296. The highest BCUT2D eigenvalue weighted by molar-refractivity contribution is 5.82. The molecule has 6 aliphatic carbocycles. The first-order chi connectivity index (χ1) is 28.7. The topological polar surface area (TPSA) is 18.5 Å². The summed E-state index contributed by atoms with van der Waals surface area (Å²) in [5, 5.41) is 0. The lowest BCUT2D eigenvalue weighted by Gasteiger charge is -2.48. The lowest BCUT2D eigenvalue weighted by Crippen LogP contribution is -2.35. The predicted molar refractivity (Wildman–Crippen MR) is 236 cm³/mol. The molecule has 0 atom stereocenters. The summed E-state index contributed by atoms with van der Waals surface area (Å²) in [5.41, 5.74) is 19.1. The van der Waals surface area contributed by atoms with Crippen molar-refractivity contribution in [3.05, 3.63) is 199 Å². The quantitative estimate of drug-likeness (QED) is 0.0913. The summed E-state index contributed by atoms with van der Waals surface area (Å²) in [6.07, 6.45) is 16.1. The molecule has 4 bridgehead atoms. The third kappa shape index (κ3) is 5.80. The van der Waals surface area contributed by atoms with E-state index in [-0.39, 0.29) is 23.7 Å². The minimum absolute atomic E-state index is 0.0205. The van der Waals surface area contributed by atoms with E-state index in [0.717, 1.165) is 47.5 Å². The highest BCUT2D eigenvalue weighted by Crippen LogP contribution is 2.63. The first-order valence-corrected chi connectivity index (χ1v) is 21.7. The Balaban J connectivity index is 1.22. The SMILES string of the molecule is C#Cc1c2c(c(C#Cc3cc(OCCCCCC)ccc3OCCCCCC)c3c1C1c4ccccc4C3c3ccccc31)C1c3ccccc3C2c2ccccc21. The van der Waals surface area contributed by atoms with Gasteiger partial charge in [0.25, 0.3) is 0 Å². The van der Waals surface area contributed by atoms with Gasteiger partial charge in [-0.1, -0.05) is 167 Å². The molecule has 6 aromatic rings. The average molecular weight is 755 g/mol. The summed E-state index contributed by atoms with van der Waals surface area (Å²) in [7, 11) is 0. The highest BCUT2D eigenvalue weighted by atomic mass is 16.5. The fourth-order valence-corrected chi connectivity index (χ4v) is 10.8. The van der Waals surface area contributed by atoms with Crippen LogP contribution in [-0.2, 0) is 0 Å². The van der Waals surface area contributed by atoms with Crippen molar-refractivity contribution in [2.45, 2.75) is 88.9 Å². The maximum Gasteiger partial charge on any atom is 0.135 e. The van der Waals surface area contributed by atoms with E-state index in [1.165, 1.54) is 98.9 Å². The molecule has 58 heavy (non-hydrogen) atoms. The Morgan fingerprint density at radius 3 is 1.24 bits per heavy atom. The van der Waals surface area contributed by atoms with Gasteiger partial charge in [-0.2, -0.15) is 0 Å². The number of benzene rings is 6. The molecule has 0 saturated carbocycles. The van der Waals surface area contributed by atoms with E-state index in [0.29, 0.717) is 13.2 Å². The van der Waals surface area contributed by atoms with Crippen LogP contribution in [0.1, 0.15) is 172 Å². The summed E-state index contributed by atoms with van der Waals surface area (Å²) in [6, 6.07) is 42.4. The van der Waals surface area contributed by atoms with Crippen LogP contribution in [0.15, 0.2) is 115 Å². The normalized spacial score (nSPS) is 18.0. The van der Waals surface area contributed by atoms with Crippen LogP contribution in [0.3, 0.4) is 0 Å². The van der Waals surface area contributed by atoms with Gasteiger partial charge in [0.2, 0.25) is 0 Å².